The lowest BCUT2D eigenvalue weighted by Crippen LogP contribution is -2.43. The van der Waals surface area contributed by atoms with Crippen LogP contribution >= 0.6 is 0 Å². The summed E-state index contributed by atoms with van der Waals surface area (Å²) in [7, 11) is 0. The third kappa shape index (κ3) is 2.94. The Morgan fingerprint density at radius 3 is 2.95 bits per heavy atom. The van der Waals surface area contributed by atoms with Gasteiger partial charge < -0.3 is 9.64 Å². The fourth-order valence-electron chi connectivity index (χ4n) is 3.39. The van der Waals surface area contributed by atoms with Crippen molar-refractivity contribution in [1.29, 1.82) is 0 Å². The molecule has 2 heterocycles. The SMILES string of the molecule is CC(=O)CC1CCCN1C(=O)C1COc2ccccc2C1. The van der Waals surface area contributed by atoms with Gasteiger partial charge in [0.15, 0.2) is 0 Å². The summed E-state index contributed by atoms with van der Waals surface area (Å²) in [6.07, 6.45) is 3.15. The minimum atomic E-state index is -0.118. The number of para-hydroxylation sites is 1. The van der Waals surface area contributed by atoms with Gasteiger partial charge in [0.1, 0.15) is 18.1 Å². The predicted molar refractivity (Wildman–Crippen MR) is 79.2 cm³/mol. The second-order valence-corrected chi connectivity index (χ2v) is 6.05. The summed E-state index contributed by atoms with van der Waals surface area (Å²) < 4.78 is 5.72. The second-order valence-electron chi connectivity index (χ2n) is 6.05. The van der Waals surface area contributed by atoms with Crippen molar-refractivity contribution in [3.63, 3.8) is 0 Å². The molecule has 112 valence electrons. The number of fused-ring (bicyclic) bond motifs is 1. The van der Waals surface area contributed by atoms with E-state index in [9.17, 15) is 9.59 Å². The number of hydrogen-bond acceptors (Lipinski definition) is 3. The molecule has 1 amide bonds. The van der Waals surface area contributed by atoms with Crippen LogP contribution in [0.4, 0.5) is 0 Å². The molecule has 4 heteroatoms. The smallest absolute Gasteiger partial charge is 0.229 e. The Morgan fingerprint density at radius 1 is 1.33 bits per heavy atom. The summed E-state index contributed by atoms with van der Waals surface area (Å²) in [5.74, 6) is 1.08. The molecule has 1 fully saturated rings. The third-order valence-corrected chi connectivity index (χ3v) is 4.41. The maximum absolute atomic E-state index is 12.7. The van der Waals surface area contributed by atoms with Crippen molar-refractivity contribution in [3.8, 4) is 5.75 Å². The molecule has 0 N–H and O–H groups in total. The topological polar surface area (TPSA) is 46.6 Å². The maximum Gasteiger partial charge on any atom is 0.229 e. The molecule has 0 spiro atoms. The number of ketones is 1. The molecule has 1 aromatic rings. The number of amides is 1. The molecule has 0 radical (unpaired) electrons. The van der Waals surface area contributed by atoms with E-state index in [2.05, 4.69) is 0 Å². The van der Waals surface area contributed by atoms with Gasteiger partial charge in [-0.05, 0) is 37.8 Å². The van der Waals surface area contributed by atoms with Crippen molar-refractivity contribution in [1.82, 2.24) is 4.90 Å². The summed E-state index contributed by atoms with van der Waals surface area (Å²) >= 11 is 0. The van der Waals surface area contributed by atoms with Crippen molar-refractivity contribution in [2.45, 2.75) is 38.6 Å². The molecule has 21 heavy (non-hydrogen) atoms. The Hall–Kier alpha value is -1.84. The summed E-state index contributed by atoms with van der Waals surface area (Å²) in [4.78, 5) is 26.0. The van der Waals surface area contributed by atoms with Crippen molar-refractivity contribution < 1.29 is 14.3 Å². The lowest BCUT2D eigenvalue weighted by atomic mass is 9.95. The number of Topliss-reactive ketones (excluding diaryl/α,β-unsaturated/α-hetero) is 1. The molecule has 0 saturated carbocycles. The molecule has 0 aliphatic carbocycles. The highest BCUT2D eigenvalue weighted by Gasteiger charge is 2.35. The first-order valence-corrected chi connectivity index (χ1v) is 7.66. The maximum atomic E-state index is 12.7. The van der Waals surface area contributed by atoms with Gasteiger partial charge in [-0.25, -0.2) is 0 Å². The van der Waals surface area contributed by atoms with Crippen LogP contribution in [0.2, 0.25) is 0 Å². The van der Waals surface area contributed by atoms with E-state index in [1.807, 2.05) is 29.2 Å². The summed E-state index contributed by atoms with van der Waals surface area (Å²) in [5.41, 5.74) is 1.10. The normalized spacial score (nSPS) is 24.3. The first-order chi connectivity index (χ1) is 10.1. The molecule has 0 bridgehead atoms. The lowest BCUT2D eigenvalue weighted by Gasteiger charge is -2.31. The zero-order valence-corrected chi connectivity index (χ0v) is 12.4. The number of carbonyl (C=O) groups is 2. The van der Waals surface area contributed by atoms with Gasteiger partial charge in [-0.1, -0.05) is 18.2 Å². The molecular formula is C17H21NO3. The molecular weight excluding hydrogens is 266 g/mol. The number of benzene rings is 1. The van der Waals surface area contributed by atoms with Gasteiger partial charge in [-0.2, -0.15) is 0 Å². The van der Waals surface area contributed by atoms with Crippen LogP contribution in [0.25, 0.3) is 0 Å². The van der Waals surface area contributed by atoms with Crippen molar-refractivity contribution >= 4 is 11.7 Å². The van der Waals surface area contributed by atoms with E-state index in [1.54, 1.807) is 6.92 Å². The molecule has 2 aliphatic heterocycles. The fourth-order valence-corrected chi connectivity index (χ4v) is 3.39. The quantitative estimate of drug-likeness (QED) is 0.856. The van der Waals surface area contributed by atoms with E-state index in [-0.39, 0.29) is 23.7 Å². The summed E-state index contributed by atoms with van der Waals surface area (Å²) in [6, 6.07) is 7.98. The molecule has 4 nitrogen and oxygen atoms in total. The van der Waals surface area contributed by atoms with Crippen LogP contribution < -0.4 is 4.74 Å². The molecule has 1 aromatic carbocycles. The third-order valence-electron chi connectivity index (χ3n) is 4.41. The number of rotatable bonds is 3. The molecule has 3 rings (SSSR count). The number of hydrogen-bond donors (Lipinski definition) is 0. The van der Waals surface area contributed by atoms with E-state index in [0.717, 1.165) is 37.1 Å². The van der Waals surface area contributed by atoms with Crippen molar-refractivity contribution in [2.75, 3.05) is 13.2 Å². The van der Waals surface area contributed by atoms with Crippen LogP contribution in [0, 0.1) is 5.92 Å². The van der Waals surface area contributed by atoms with Crippen LogP contribution in [0.3, 0.4) is 0 Å². The first kappa shape index (κ1) is 14.1. The Kier molecular flexibility index (Phi) is 3.95. The van der Waals surface area contributed by atoms with Gasteiger partial charge in [0.25, 0.3) is 0 Å². The van der Waals surface area contributed by atoms with E-state index in [1.165, 1.54) is 0 Å². The van der Waals surface area contributed by atoms with Crippen LogP contribution in [0.1, 0.15) is 31.7 Å². The number of nitrogens with zero attached hydrogens (tertiary/aromatic N) is 1. The van der Waals surface area contributed by atoms with Crippen LogP contribution in [-0.2, 0) is 16.0 Å². The van der Waals surface area contributed by atoms with Crippen LogP contribution in [0.5, 0.6) is 5.75 Å². The molecule has 0 aromatic heterocycles. The van der Waals surface area contributed by atoms with Gasteiger partial charge >= 0.3 is 0 Å². The summed E-state index contributed by atoms with van der Waals surface area (Å²) in [6.45, 7) is 2.81. The highest BCUT2D eigenvalue weighted by molar-refractivity contribution is 5.82. The fraction of sp³-hybridized carbons (Fsp3) is 0.529. The monoisotopic (exact) mass is 287 g/mol. The average Bonchev–Trinajstić information content (AvgIpc) is 2.93. The Bertz CT molecular complexity index is 555. The minimum Gasteiger partial charge on any atom is -0.492 e. The standard InChI is InChI=1S/C17H21NO3/c1-12(19)9-15-6-4-8-18(15)17(20)14-10-13-5-2-3-7-16(13)21-11-14/h2-3,5,7,14-15H,4,6,8-11H2,1H3. The van der Waals surface area contributed by atoms with Gasteiger partial charge in [0, 0.05) is 19.0 Å². The molecule has 2 unspecified atom stereocenters. The predicted octanol–water partition coefficient (Wildman–Crippen LogP) is 2.21. The first-order valence-electron chi connectivity index (χ1n) is 7.66. The van der Waals surface area contributed by atoms with Gasteiger partial charge in [-0.15, -0.1) is 0 Å². The lowest BCUT2D eigenvalue weighted by molar-refractivity contribution is -0.138. The van der Waals surface area contributed by atoms with Crippen LogP contribution in [0.15, 0.2) is 24.3 Å². The van der Waals surface area contributed by atoms with E-state index >= 15 is 0 Å². The Morgan fingerprint density at radius 2 is 2.14 bits per heavy atom. The highest BCUT2D eigenvalue weighted by atomic mass is 16.5. The number of ether oxygens (including phenoxy) is 1. The molecule has 2 aliphatic rings. The van der Waals surface area contributed by atoms with E-state index in [4.69, 9.17) is 4.74 Å². The van der Waals surface area contributed by atoms with Crippen LogP contribution in [-0.4, -0.2) is 35.8 Å². The van der Waals surface area contributed by atoms with Crippen molar-refractivity contribution in [3.05, 3.63) is 29.8 Å². The Balaban J connectivity index is 1.70. The zero-order chi connectivity index (χ0) is 14.8. The largest absolute Gasteiger partial charge is 0.492 e. The summed E-state index contributed by atoms with van der Waals surface area (Å²) in [5, 5.41) is 0. The molecule has 2 atom stereocenters. The van der Waals surface area contributed by atoms with Gasteiger partial charge in [0.2, 0.25) is 5.91 Å². The molecule has 1 saturated heterocycles. The number of likely N-dealkylation sites (tertiary alicyclic amines) is 1. The van der Waals surface area contributed by atoms with Gasteiger partial charge in [-0.3, -0.25) is 9.59 Å². The minimum absolute atomic E-state index is 0.0900. The average molecular weight is 287 g/mol. The van der Waals surface area contributed by atoms with E-state index in [0.29, 0.717) is 13.0 Å². The number of carbonyl (C=O) groups excluding carboxylic acids is 2. The zero-order valence-electron chi connectivity index (χ0n) is 12.4. The van der Waals surface area contributed by atoms with Gasteiger partial charge in [0.05, 0.1) is 5.92 Å². The second kappa shape index (κ2) is 5.88. The van der Waals surface area contributed by atoms with E-state index < -0.39 is 0 Å². The van der Waals surface area contributed by atoms with Crippen molar-refractivity contribution in [2.24, 2.45) is 5.92 Å². The Labute approximate surface area is 125 Å². The highest BCUT2D eigenvalue weighted by Crippen LogP contribution is 2.30.